The molecule has 2 heterocycles. The number of oxazole rings is 1. The van der Waals surface area contributed by atoms with Crippen molar-refractivity contribution in [2.75, 3.05) is 6.54 Å². The number of nitrogens with zero attached hydrogens (tertiary/aromatic N) is 2. The molecule has 11 heteroatoms. The molecule has 0 bridgehead atoms. The molecule has 1 fully saturated rings. The largest absolute Gasteiger partial charge is 0.445 e. The lowest BCUT2D eigenvalue weighted by Gasteiger charge is -2.32. The number of aliphatic hydroxyl groups is 2. The van der Waals surface area contributed by atoms with E-state index in [4.69, 9.17) is 9.15 Å². The zero-order valence-electron chi connectivity index (χ0n) is 24.4. The van der Waals surface area contributed by atoms with E-state index in [1.807, 2.05) is 58.0 Å². The molecule has 1 aliphatic rings. The van der Waals surface area contributed by atoms with E-state index in [2.05, 4.69) is 15.6 Å². The average molecular weight is 581 g/mol. The zero-order chi connectivity index (χ0) is 30.4. The summed E-state index contributed by atoms with van der Waals surface area (Å²) in [5.74, 6) is -1.15. The molecule has 4 rings (SSSR count). The van der Waals surface area contributed by atoms with Gasteiger partial charge in [0, 0.05) is 6.54 Å². The van der Waals surface area contributed by atoms with Crippen molar-refractivity contribution in [2.45, 2.75) is 78.0 Å². The Labute approximate surface area is 245 Å². The van der Waals surface area contributed by atoms with Gasteiger partial charge in [-0.15, -0.1) is 0 Å². The van der Waals surface area contributed by atoms with Gasteiger partial charge in [-0.3, -0.25) is 9.59 Å². The van der Waals surface area contributed by atoms with Crippen molar-refractivity contribution < 1.29 is 33.8 Å². The van der Waals surface area contributed by atoms with Crippen molar-refractivity contribution in [3.05, 3.63) is 65.5 Å². The van der Waals surface area contributed by atoms with Crippen LogP contribution in [0.25, 0.3) is 11.1 Å². The molecule has 1 saturated heterocycles. The maximum atomic E-state index is 13.6. The Hall–Kier alpha value is -3.96. The monoisotopic (exact) mass is 580 g/mol. The van der Waals surface area contributed by atoms with Crippen LogP contribution < -0.4 is 10.6 Å². The summed E-state index contributed by atoms with van der Waals surface area (Å²) in [7, 11) is 0. The van der Waals surface area contributed by atoms with E-state index >= 15 is 0 Å². The molecule has 0 saturated carbocycles. The molecule has 42 heavy (non-hydrogen) atoms. The SMILES string of the molecule is CC(C)[C@H](NC(=O)[C@@H]1CCCN1C(=O)[C@@H](NC(=O)OCc1ccccc1)C(C)C)C(O)c1nc2cc(CO)ccc2o1. The van der Waals surface area contributed by atoms with Gasteiger partial charge in [0.05, 0.1) is 12.6 Å². The van der Waals surface area contributed by atoms with Crippen LogP contribution in [0.1, 0.15) is 63.7 Å². The highest BCUT2D eigenvalue weighted by molar-refractivity contribution is 5.92. The van der Waals surface area contributed by atoms with E-state index in [1.165, 1.54) is 4.90 Å². The van der Waals surface area contributed by atoms with Crippen molar-refractivity contribution in [1.82, 2.24) is 20.5 Å². The van der Waals surface area contributed by atoms with Crippen molar-refractivity contribution in [1.29, 1.82) is 0 Å². The number of benzene rings is 2. The number of aliphatic hydroxyl groups excluding tert-OH is 2. The number of carbonyl (C=O) groups excluding carboxylic acids is 3. The summed E-state index contributed by atoms with van der Waals surface area (Å²) in [4.78, 5) is 45.6. The molecule has 1 unspecified atom stereocenters. The van der Waals surface area contributed by atoms with E-state index in [0.717, 1.165) is 5.56 Å². The molecule has 226 valence electrons. The van der Waals surface area contributed by atoms with Crippen molar-refractivity contribution in [2.24, 2.45) is 11.8 Å². The first-order valence-electron chi connectivity index (χ1n) is 14.3. The third kappa shape index (κ3) is 7.27. The van der Waals surface area contributed by atoms with Gasteiger partial charge >= 0.3 is 6.09 Å². The molecule has 1 aromatic heterocycles. The second-order valence-corrected chi connectivity index (χ2v) is 11.4. The number of nitrogens with one attached hydrogen (secondary N) is 2. The van der Waals surface area contributed by atoms with E-state index in [0.29, 0.717) is 36.0 Å². The van der Waals surface area contributed by atoms with E-state index in [1.54, 1.807) is 18.2 Å². The van der Waals surface area contributed by atoms with Gasteiger partial charge in [0.15, 0.2) is 11.7 Å². The summed E-state index contributed by atoms with van der Waals surface area (Å²) in [6.07, 6.45) is -0.873. The lowest BCUT2D eigenvalue weighted by molar-refractivity contribution is -0.141. The summed E-state index contributed by atoms with van der Waals surface area (Å²) in [6.45, 7) is 7.65. The molecule has 0 aliphatic carbocycles. The summed E-state index contributed by atoms with van der Waals surface area (Å²) in [5.41, 5.74) is 2.44. The smallest absolute Gasteiger partial charge is 0.408 e. The van der Waals surface area contributed by atoms with E-state index < -0.39 is 36.2 Å². The fourth-order valence-corrected chi connectivity index (χ4v) is 5.13. The highest BCUT2D eigenvalue weighted by Gasteiger charge is 2.40. The molecule has 3 amide bonds. The van der Waals surface area contributed by atoms with Crippen LogP contribution in [0.3, 0.4) is 0 Å². The molecule has 0 radical (unpaired) electrons. The van der Waals surface area contributed by atoms with Crippen LogP contribution in [0.4, 0.5) is 4.79 Å². The topological polar surface area (TPSA) is 154 Å². The van der Waals surface area contributed by atoms with Crippen LogP contribution in [0.15, 0.2) is 52.9 Å². The number of ether oxygens (including phenoxy) is 1. The first kappa shape index (κ1) is 31.0. The van der Waals surface area contributed by atoms with Gasteiger partial charge in [0.2, 0.25) is 17.7 Å². The summed E-state index contributed by atoms with van der Waals surface area (Å²) >= 11 is 0. The Morgan fingerprint density at radius 2 is 1.79 bits per heavy atom. The number of hydrogen-bond donors (Lipinski definition) is 4. The number of hydrogen-bond acceptors (Lipinski definition) is 8. The molecule has 2 aromatic carbocycles. The van der Waals surface area contributed by atoms with Crippen molar-refractivity contribution >= 4 is 29.0 Å². The number of fused-ring (bicyclic) bond motifs is 1. The maximum Gasteiger partial charge on any atom is 0.408 e. The molecule has 3 aromatic rings. The van der Waals surface area contributed by atoms with Crippen LogP contribution in [0, 0.1) is 11.8 Å². The minimum Gasteiger partial charge on any atom is -0.445 e. The Morgan fingerprint density at radius 1 is 1.05 bits per heavy atom. The van der Waals surface area contributed by atoms with Gasteiger partial charge in [-0.1, -0.05) is 64.1 Å². The molecular weight excluding hydrogens is 540 g/mol. The quantitative estimate of drug-likeness (QED) is 0.269. The second-order valence-electron chi connectivity index (χ2n) is 11.4. The normalized spacial score (nSPS) is 17.3. The van der Waals surface area contributed by atoms with Gasteiger partial charge in [0.25, 0.3) is 0 Å². The Morgan fingerprint density at radius 3 is 2.45 bits per heavy atom. The highest BCUT2D eigenvalue weighted by Crippen LogP contribution is 2.27. The molecule has 1 aliphatic heterocycles. The lowest BCUT2D eigenvalue weighted by Crippen LogP contribution is -2.56. The zero-order valence-corrected chi connectivity index (χ0v) is 24.4. The fourth-order valence-electron chi connectivity index (χ4n) is 5.13. The standard InChI is InChI=1S/C31H40N4O7/c1-18(2)25(27(37)29-32-22-15-21(16-36)12-13-24(22)42-29)33-28(38)23-11-8-14-35(23)30(39)26(19(3)4)34-31(40)41-17-20-9-6-5-7-10-20/h5-7,9-10,12-13,15,18-19,23,25-27,36-37H,8,11,14,16-17H2,1-4H3,(H,33,38)(H,34,40)/t23-,25-,26-,27?/m0/s1. The van der Waals surface area contributed by atoms with Gasteiger partial charge < -0.3 is 34.9 Å². The third-order valence-electron chi connectivity index (χ3n) is 7.53. The number of likely N-dealkylation sites (tertiary alicyclic amines) is 1. The van der Waals surface area contributed by atoms with Gasteiger partial charge in [0.1, 0.15) is 24.2 Å². The first-order chi connectivity index (χ1) is 20.1. The molecule has 11 nitrogen and oxygen atoms in total. The van der Waals surface area contributed by atoms with Crippen LogP contribution >= 0.6 is 0 Å². The van der Waals surface area contributed by atoms with Crippen LogP contribution in [-0.2, 0) is 27.5 Å². The van der Waals surface area contributed by atoms with Crippen LogP contribution in [0.2, 0.25) is 0 Å². The second kappa shape index (κ2) is 13.8. The van der Waals surface area contributed by atoms with Gasteiger partial charge in [-0.25, -0.2) is 9.78 Å². The third-order valence-corrected chi connectivity index (χ3v) is 7.53. The number of rotatable bonds is 11. The first-order valence-corrected chi connectivity index (χ1v) is 14.3. The van der Waals surface area contributed by atoms with Crippen LogP contribution in [0.5, 0.6) is 0 Å². The molecule has 0 spiro atoms. The van der Waals surface area contributed by atoms with Crippen molar-refractivity contribution in [3.63, 3.8) is 0 Å². The number of carbonyl (C=O) groups is 3. The fraction of sp³-hybridized carbons (Fsp3) is 0.484. The van der Waals surface area contributed by atoms with Crippen LogP contribution in [-0.4, -0.2) is 62.7 Å². The van der Waals surface area contributed by atoms with E-state index in [-0.39, 0.29) is 36.8 Å². The van der Waals surface area contributed by atoms with Crippen molar-refractivity contribution in [3.8, 4) is 0 Å². The van der Waals surface area contributed by atoms with E-state index in [9.17, 15) is 24.6 Å². The predicted molar refractivity (Wildman–Crippen MR) is 155 cm³/mol. The summed E-state index contributed by atoms with van der Waals surface area (Å²) in [5, 5.41) is 26.2. The molecule has 4 N–H and O–H groups in total. The highest BCUT2D eigenvalue weighted by atomic mass is 16.5. The predicted octanol–water partition coefficient (Wildman–Crippen LogP) is 3.44. The average Bonchev–Trinajstić information content (AvgIpc) is 3.64. The lowest BCUT2D eigenvalue weighted by atomic mass is 9.97. The Kier molecular flexibility index (Phi) is 10.2. The summed E-state index contributed by atoms with van der Waals surface area (Å²) < 4.78 is 11.1. The Bertz CT molecular complexity index is 1370. The maximum absolute atomic E-state index is 13.6. The number of aromatic nitrogens is 1. The minimum atomic E-state index is -1.24. The number of alkyl carbamates (subject to hydrolysis) is 1. The Balaban J connectivity index is 1.42. The number of amides is 3. The molecule has 4 atom stereocenters. The van der Waals surface area contributed by atoms with Gasteiger partial charge in [-0.2, -0.15) is 0 Å². The molecular formula is C31H40N4O7. The van der Waals surface area contributed by atoms with Gasteiger partial charge in [-0.05, 0) is 47.9 Å². The minimum absolute atomic E-state index is 0.0523. The summed E-state index contributed by atoms with van der Waals surface area (Å²) in [6, 6.07) is 11.9.